The van der Waals surface area contributed by atoms with Gasteiger partial charge in [0.2, 0.25) is 11.8 Å². The van der Waals surface area contributed by atoms with E-state index < -0.39 is 34.5 Å². The van der Waals surface area contributed by atoms with Gasteiger partial charge in [0.1, 0.15) is 5.92 Å². The quantitative estimate of drug-likeness (QED) is 0.293. The van der Waals surface area contributed by atoms with Crippen LogP contribution in [0, 0.1) is 27.4 Å². The molecule has 2 atom stereocenters. The Morgan fingerprint density at radius 1 is 1.43 bits per heavy atom. The van der Waals surface area contributed by atoms with Crippen molar-refractivity contribution in [2.45, 2.75) is 12.8 Å². The minimum atomic E-state index is -1.49. The van der Waals surface area contributed by atoms with Gasteiger partial charge in [-0.2, -0.15) is 5.26 Å². The molecule has 146 valence electrons. The lowest BCUT2D eigenvalue weighted by atomic mass is 9.78. The third-order valence-corrected chi connectivity index (χ3v) is 4.94. The van der Waals surface area contributed by atoms with Crippen LogP contribution in [0.4, 0.5) is 5.69 Å². The number of hydrogen-bond acceptors (Lipinski definition) is 8. The minimum absolute atomic E-state index is 0.0128. The van der Waals surface area contributed by atoms with Crippen molar-refractivity contribution in [2.75, 3.05) is 12.4 Å². The maximum absolute atomic E-state index is 12.6. The Hall–Kier alpha value is -3.39. The highest BCUT2D eigenvalue weighted by Gasteiger charge is 2.46. The number of rotatable bonds is 7. The number of amides is 2. The number of nitro groups is 1. The Kier molecular flexibility index (Phi) is 6.73. The molecule has 0 spiro atoms. The number of hydrogen-bond donors (Lipinski definition) is 2. The number of para-hydroxylation sites is 1. The third kappa shape index (κ3) is 4.29. The summed E-state index contributed by atoms with van der Waals surface area (Å²) in [7, 11) is 0. The molecule has 2 rings (SSSR count). The molecule has 3 N–H and O–H groups in total. The normalized spacial score (nSPS) is 18.8. The van der Waals surface area contributed by atoms with Crippen LogP contribution in [0.1, 0.15) is 18.4 Å². The van der Waals surface area contributed by atoms with E-state index in [9.17, 15) is 29.8 Å². The van der Waals surface area contributed by atoms with Gasteiger partial charge in [0.05, 0.1) is 39.9 Å². The summed E-state index contributed by atoms with van der Waals surface area (Å²) < 4.78 is 4.95. The molecule has 10 nitrogen and oxygen atoms in total. The zero-order valence-corrected chi connectivity index (χ0v) is 15.5. The zero-order chi connectivity index (χ0) is 20.8. The molecule has 28 heavy (non-hydrogen) atoms. The van der Waals surface area contributed by atoms with Crippen LogP contribution in [0.5, 0.6) is 0 Å². The van der Waals surface area contributed by atoms with Crippen LogP contribution >= 0.6 is 11.8 Å². The van der Waals surface area contributed by atoms with Crippen LogP contribution in [0.2, 0.25) is 0 Å². The number of nitrogens with zero attached hydrogens (tertiary/aromatic N) is 2. The SMILES string of the molecule is CCOC(=O)[C@H]1C(=O)NC(SCC(N)=O)=C(C#N)[C@@H]1c1ccccc1[N+](=O)[O-]. The van der Waals surface area contributed by atoms with Crippen molar-refractivity contribution in [2.24, 2.45) is 11.7 Å². The van der Waals surface area contributed by atoms with Crippen LogP contribution in [0.15, 0.2) is 34.9 Å². The van der Waals surface area contributed by atoms with Crippen molar-refractivity contribution >= 4 is 35.2 Å². The summed E-state index contributed by atoms with van der Waals surface area (Å²) in [6.07, 6.45) is 0. The predicted molar refractivity (Wildman–Crippen MR) is 98.4 cm³/mol. The lowest BCUT2D eigenvalue weighted by molar-refractivity contribution is -0.385. The fourth-order valence-corrected chi connectivity index (χ4v) is 3.61. The van der Waals surface area contributed by atoms with Crippen molar-refractivity contribution in [1.82, 2.24) is 5.32 Å². The van der Waals surface area contributed by atoms with Crippen molar-refractivity contribution in [3.05, 3.63) is 50.5 Å². The number of carbonyl (C=O) groups excluding carboxylic acids is 3. The second-order valence-electron chi connectivity index (χ2n) is 5.62. The van der Waals surface area contributed by atoms with Gasteiger partial charge in [-0.1, -0.05) is 30.0 Å². The fourth-order valence-electron chi connectivity index (χ4n) is 2.82. The van der Waals surface area contributed by atoms with Gasteiger partial charge in [-0.25, -0.2) is 0 Å². The molecule has 1 aliphatic rings. The fraction of sp³-hybridized carbons (Fsp3) is 0.294. The largest absolute Gasteiger partial charge is 0.465 e. The smallest absolute Gasteiger partial charge is 0.319 e. The summed E-state index contributed by atoms with van der Waals surface area (Å²) in [5.41, 5.74) is 4.71. The number of esters is 1. The summed E-state index contributed by atoms with van der Waals surface area (Å²) >= 11 is 0.810. The second kappa shape index (κ2) is 9.01. The summed E-state index contributed by atoms with van der Waals surface area (Å²) in [5.74, 6) is -5.33. The molecule has 0 fully saturated rings. The van der Waals surface area contributed by atoms with Gasteiger partial charge in [0, 0.05) is 11.6 Å². The van der Waals surface area contributed by atoms with Crippen molar-refractivity contribution in [3.63, 3.8) is 0 Å². The molecule has 0 bridgehead atoms. The van der Waals surface area contributed by atoms with E-state index in [0.29, 0.717) is 0 Å². The number of nitrogens with one attached hydrogen (secondary N) is 1. The molecule has 0 saturated carbocycles. The van der Waals surface area contributed by atoms with Gasteiger partial charge in [0.25, 0.3) is 5.69 Å². The van der Waals surface area contributed by atoms with E-state index in [1.807, 2.05) is 6.07 Å². The highest BCUT2D eigenvalue weighted by Crippen LogP contribution is 2.43. The first-order valence-electron chi connectivity index (χ1n) is 8.08. The molecule has 1 aromatic rings. The zero-order valence-electron chi connectivity index (χ0n) is 14.7. The molecule has 1 aliphatic heterocycles. The van der Waals surface area contributed by atoms with Gasteiger partial charge in [-0.3, -0.25) is 24.5 Å². The molecule has 1 heterocycles. The number of nitro benzene ring substituents is 1. The molecule has 0 unspecified atom stereocenters. The number of ether oxygens (including phenoxy) is 1. The van der Waals surface area contributed by atoms with Crippen LogP contribution in [0.3, 0.4) is 0 Å². The highest BCUT2D eigenvalue weighted by molar-refractivity contribution is 8.03. The summed E-state index contributed by atoms with van der Waals surface area (Å²) in [4.78, 5) is 47.0. The maximum Gasteiger partial charge on any atom is 0.319 e. The first-order valence-corrected chi connectivity index (χ1v) is 9.06. The Labute approximate surface area is 163 Å². The summed E-state index contributed by atoms with van der Waals surface area (Å²) in [6, 6.07) is 7.43. The Morgan fingerprint density at radius 2 is 2.11 bits per heavy atom. The molecule has 0 aromatic heterocycles. The maximum atomic E-state index is 12.6. The number of benzene rings is 1. The molecule has 11 heteroatoms. The van der Waals surface area contributed by atoms with Crippen molar-refractivity contribution in [3.8, 4) is 6.07 Å². The first kappa shape index (κ1) is 20.9. The van der Waals surface area contributed by atoms with Crippen molar-refractivity contribution < 1.29 is 24.0 Å². The van der Waals surface area contributed by atoms with E-state index in [1.165, 1.54) is 24.3 Å². The number of primary amides is 1. The molecule has 0 aliphatic carbocycles. The number of thioether (sulfide) groups is 1. The van der Waals surface area contributed by atoms with E-state index in [4.69, 9.17) is 10.5 Å². The standard InChI is InChI=1S/C17H16N4O6S/c1-2-27-17(24)14-13(9-5-3-4-6-11(9)21(25)26)10(7-18)16(20-15(14)23)28-8-12(19)22/h3-6,13-14H,2,8H2,1H3,(H2,19,22)(H,20,23)/t13-,14+/m0/s1. The molecule has 0 saturated heterocycles. The van der Waals surface area contributed by atoms with Gasteiger partial charge < -0.3 is 15.8 Å². The van der Waals surface area contributed by atoms with Crippen LogP contribution in [0.25, 0.3) is 0 Å². The van der Waals surface area contributed by atoms with Gasteiger partial charge in [-0.15, -0.1) is 0 Å². The molecule has 1 aromatic carbocycles. The van der Waals surface area contributed by atoms with Gasteiger partial charge in [0.15, 0.2) is 0 Å². The van der Waals surface area contributed by atoms with Crippen LogP contribution in [-0.4, -0.2) is 35.1 Å². The van der Waals surface area contributed by atoms with E-state index in [-0.39, 0.29) is 34.2 Å². The van der Waals surface area contributed by atoms with Gasteiger partial charge in [-0.05, 0) is 6.92 Å². The second-order valence-corrected chi connectivity index (χ2v) is 6.61. The number of allylic oxidation sites excluding steroid dienone is 1. The average Bonchev–Trinajstić information content (AvgIpc) is 2.65. The van der Waals surface area contributed by atoms with E-state index in [0.717, 1.165) is 11.8 Å². The topological polar surface area (TPSA) is 165 Å². The third-order valence-electron chi connectivity index (χ3n) is 3.90. The monoisotopic (exact) mass is 404 g/mol. The van der Waals surface area contributed by atoms with Crippen LogP contribution in [-0.2, 0) is 19.1 Å². The van der Waals surface area contributed by atoms with E-state index in [2.05, 4.69) is 5.32 Å². The van der Waals surface area contributed by atoms with E-state index >= 15 is 0 Å². The first-order chi connectivity index (χ1) is 13.3. The average molecular weight is 404 g/mol. The Morgan fingerprint density at radius 3 is 2.68 bits per heavy atom. The lowest BCUT2D eigenvalue weighted by Gasteiger charge is -2.30. The van der Waals surface area contributed by atoms with Crippen LogP contribution < -0.4 is 11.1 Å². The summed E-state index contributed by atoms with van der Waals surface area (Å²) in [6.45, 7) is 1.54. The number of carbonyl (C=O) groups is 3. The highest BCUT2D eigenvalue weighted by atomic mass is 32.2. The Balaban J connectivity index is 2.69. The minimum Gasteiger partial charge on any atom is -0.465 e. The van der Waals surface area contributed by atoms with Gasteiger partial charge >= 0.3 is 5.97 Å². The molecular formula is C17H16N4O6S. The molecule has 2 amide bonds. The van der Waals surface area contributed by atoms with E-state index in [1.54, 1.807) is 6.92 Å². The molecular weight excluding hydrogens is 388 g/mol. The summed E-state index contributed by atoms with van der Waals surface area (Å²) in [5, 5.41) is 23.6. The predicted octanol–water partition coefficient (Wildman–Crippen LogP) is 0.941. The Bertz CT molecular complexity index is 907. The molecule has 0 radical (unpaired) electrons. The number of nitriles is 1. The lowest BCUT2D eigenvalue weighted by Crippen LogP contribution is -2.44. The van der Waals surface area contributed by atoms with Crippen molar-refractivity contribution in [1.29, 1.82) is 5.26 Å². The number of nitrogens with two attached hydrogens (primary N) is 1.